The molecule has 3 amide bonds. The van der Waals surface area contributed by atoms with Gasteiger partial charge in [-0.05, 0) is 86.0 Å². The number of halogens is 1. The number of fused-ring (bicyclic) bond motifs is 4. The highest BCUT2D eigenvalue weighted by molar-refractivity contribution is 6.10. The normalized spacial score (nSPS) is 22.1. The van der Waals surface area contributed by atoms with E-state index in [4.69, 9.17) is 14.2 Å². The number of aryl methyl sites for hydroxylation is 1. The number of ether oxygens (including phenoxy) is 3. The molecule has 4 aliphatic rings. The predicted octanol–water partition coefficient (Wildman–Crippen LogP) is 7.71. The molecule has 14 heteroatoms. The molecule has 6 aromatic rings. The average Bonchev–Trinajstić information content (AvgIpc) is 3.96. The van der Waals surface area contributed by atoms with Crippen molar-refractivity contribution in [3.63, 3.8) is 0 Å². The highest BCUT2D eigenvalue weighted by Crippen LogP contribution is 2.59. The van der Waals surface area contributed by atoms with Gasteiger partial charge in [-0.25, -0.2) is 4.39 Å². The first-order chi connectivity index (χ1) is 30.4. The van der Waals surface area contributed by atoms with Crippen LogP contribution >= 0.6 is 0 Å². The summed E-state index contributed by atoms with van der Waals surface area (Å²) in [6.45, 7) is 5.08. The zero-order valence-corrected chi connectivity index (χ0v) is 34.9. The summed E-state index contributed by atoms with van der Waals surface area (Å²) >= 11 is 0. The summed E-state index contributed by atoms with van der Waals surface area (Å²) in [6.07, 6.45) is 0.237. The molecule has 63 heavy (non-hydrogen) atoms. The van der Waals surface area contributed by atoms with Gasteiger partial charge in [-0.3, -0.25) is 28.9 Å². The third-order valence-corrected chi connectivity index (χ3v) is 12.7. The van der Waals surface area contributed by atoms with Crippen LogP contribution in [0.4, 0.5) is 32.8 Å². The lowest BCUT2D eigenvalue weighted by molar-refractivity contribution is -0.146. The number of carbonyl (C=O) groups excluding carboxylic acids is 3. The number of carbonyl (C=O) groups is 3. The van der Waals surface area contributed by atoms with Gasteiger partial charge in [0.1, 0.15) is 29.0 Å². The second-order valence-electron chi connectivity index (χ2n) is 17.0. The summed E-state index contributed by atoms with van der Waals surface area (Å²) in [5.74, 6) is -1.07. The summed E-state index contributed by atoms with van der Waals surface area (Å²) in [4.78, 5) is 47.0. The van der Waals surface area contributed by atoms with Crippen LogP contribution in [0, 0.1) is 11.8 Å². The number of rotatable bonds is 10. The van der Waals surface area contributed by atoms with E-state index in [0.29, 0.717) is 56.8 Å². The molecule has 1 aromatic heterocycles. The lowest BCUT2D eigenvalue weighted by Crippen LogP contribution is -2.45. The Hall–Kier alpha value is -6.90. The van der Waals surface area contributed by atoms with Crippen molar-refractivity contribution in [2.45, 2.75) is 63.8 Å². The van der Waals surface area contributed by atoms with E-state index in [0.717, 1.165) is 5.56 Å². The monoisotopic (exact) mass is 848 g/mol. The fourth-order valence-corrected chi connectivity index (χ4v) is 9.92. The van der Waals surface area contributed by atoms with E-state index in [2.05, 4.69) is 10.3 Å². The molecule has 13 nitrogen and oxygen atoms in total. The molecule has 4 aliphatic heterocycles. The predicted molar refractivity (Wildman–Crippen MR) is 232 cm³/mol. The molecule has 0 radical (unpaired) electrons. The fraction of sp³-hybridized carbons (Fsp3) is 0.286. The molecule has 5 heterocycles. The number of alkyl halides is 1. The van der Waals surface area contributed by atoms with Crippen molar-refractivity contribution >= 4 is 46.2 Å². The van der Waals surface area contributed by atoms with Crippen molar-refractivity contribution in [3.05, 3.63) is 150 Å². The minimum atomic E-state index is -1.78. The van der Waals surface area contributed by atoms with Crippen molar-refractivity contribution in [3.8, 4) is 11.5 Å². The Balaban J connectivity index is 1.00. The van der Waals surface area contributed by atoms with Gasteiger partial charge in [0.05, 0.1) is 35.9 Å². The fourth-order valence-electron chi connectivity index (χ4n) is 9.92. The Labute approximate surface area is 363 Å². The molecule has 10 rings (SSSR count). The molecule has 5 atom stereocenters. The molecule has 1 spiro atoms. The van der Waals surface area contributed by atoms with Crippen LogP contribution in [0.2, 0.25) is 0 Å². The van der Waals surface area contributed by atoms with Crippen molar-refractivity contribution in [2.24, 2.45) is 11.8 Å². The van der Waals surface area contributed by atoms with Gasteiger partial charge in [-0.1, -0.05) is 78.9 Å². The molecule has 320 valence electrons. The van der Waals surface area contributed by atoms with Crippen molar-refractivity contribution in [2.75, 3.05) is 27.9 Å². The second kappa shape index (κ2) is 15.5. The van der Waals surface area contributed by atoms with Crippen molar-refractivity contribution in [1.82, 2.24) is 15.0 Å². The number of amides is 3. The Bertz CT molecular complexity index is 2740. The van der Waals surface area contributed by atoms with Gasteiger partial charge in [0.25, 0.3) is 17.7 Å². The first-order valence-electron chi connectivity index (χ1n) is 21.1. The quantitative estimate of drug-likeness (QED) is 0.147. The van der Waals surface area contributed by atoms with Crippen LogP contribution in [0.1, 0.15) is 55.7 Å². The highest BCUT2D eigenvalue weighted by atomic mass is 19.1. The molecule has 5 aromatic carbocycles. The highest BCUT2D eigenvalue weighted by Gasteiger charge is 2.66. The second-order valence-corrected chi connectivity index (χ2v) is 17.0. The van der Waals surface area contributed by atoms with E-state index in [1.54, 1.807) is 37.7 Å². The number of benzene rings is 5. The lowest BCUT2D eigenvalue weighted by Gasteiger charge is -2.33. The van der Waals surface area contributed by atoms with E-state index in [-0.39, 0.29) is 50.4 Å². The van der Waals surface area contributed by atoms with E-state index in [1.807, 2.05) is 116 Å². The lowest BCUT2D eigenvalue weighted by atomic mass is 9.71. The first-order valence-corrected chi connectivity index (χ1v) is 21.1. The third kappa shape index (κ3) is 6.80. The number of aliphatic hydroxyl groups is 1. The van der Waals surface area contributed by atoms with E-state index >= 15 is 9.18 Å². The minimum absolute atomic E-state index is 0.0867. The van der Waals surface area contributed by atoms with Crippen LogP contribution in [-0.4, -0.2) is 62.8 Å². The summed E-state index contributed by atoms with van der Waals surface area (Å²) in [5, 5.41) is 19.5. The van der Waals surface area contributed by atoms with Crippen LogP contribution in [0.3, 0.4) is 0 Å². The van der Waals surface area contributed by atoms with Crippen LogP contribution in [-0.2, 0) is 37.8 Å². The molecule has 1 fully saturated rings. The number of nitrogens with zero attached hydrogens (tertiary/aromatic N) is 6. The number of aromatic nitrogens is 3. The van der Waals surface area contributed by atoms with E-state index in [9.17, 15) is 14.7 Å². The van der Waals surface area contributed by atoms with E-state index < -0.39 is 35.3 Å². The van der Waals surface area contributed by atoms with Crippen LogP contribution in [0.25, 0.3) is 0 Å². The van der Waals surface area contributed by atoms with Gasteiger partial charge in [0.15, 0.2) is 18.8 Å². The zero-order valence-electron chi connectivity index (χ0n) is 34.9. The van der Waals surface area contributed by atoms with Crippen LogP contribution in [0.5, 0.6) is 11.5 Å². The maximum Gasteiger partial charge on any atom is 0.269 e. The smallest absolute Gasteiger partial charge is 0.269 e. The van der Waals surface area contributed by atoms with Crippen molar-refractivity contribution < 1.29 is 38.1 Å². The third-order valence-electron chi connectivity index (χ3n) is 12.7. The molecular formula is C49H45FN6O7. The number of hydrogen-bond donors (Lipinski definition) is 1. The summed E-state index contributed by atoms with van der Waals surface area (Å²) in [6, 6.07) is 36.7. The summed E-state index contributed by atoms with van der Waals surface area (Å²) in [7, 11) is 0. The maximum atomic E-state index is 16.7. The Kier molecular flexibility index (Phi) is 9.87. The summed E-state index contributed by atoms with van der Waals surface area (Å²) in [5.41, 5.74) is 1.93. The van der Waals surface area contributed by atoms with Gasteiger partial charge < -0.3 is 24.2 Å². The van der Waals surface area contributed by atoms with Gasteiger partial charge in [-0.15, -0.1) is 5.10 Å². The molecule has 0 aliphatic carbocycles. The number of para-hydroxylation sites is 4. The van der Waals surface area contributed by atoms with Gasteiger partial charge in [0.2, 0.25) is 0 Å². The summed E-state index contributed by atoms with van der Waals surface area (Å²) < 4.78 is 36.8. The Morgan fingerprint density at radius 3 is 2.05 bits per heavy atom. The molecule has 0 bridgehead atoms. The first kappa shape index (κ1) is 40.2. The molecular weight excluding hydrogens is 804 g/mol. The molecule has 0 unspecified atom stereocenters. The molecule has 0 saturated carbocycles. The average molecular weight is 849 g/mol. The minimum Gasteiger partial charge on any atom is -0.482 e. The molecule has 1 N–H and O–H groups in total. The molecule has 1 saturated heterocycles. The standard InChI is InChI=1S/C49H45FN6O7/c1-30-45(48(2,3)50)42(23-24-53-27-36(51-52-53)46(59)32-11-5-4-6-12-32)63-49(30)35-25-34(56-39-14-8-10-16-41(39)62-29-44(56)58)21-22-37(35)54(47(49)60)26-31-17-19-33(20-18-31)55-38-13-7-9-15-40(38)61-28-43(55)57/h4-22,25,27,30,42,45-46,59H,23-24,26,28-29H2,1-3H3/t30-,42+,45-,46-,49+/m1/s1. The van der Waals surface area contributed by atoms with Crippen LogP contribution in [0.15, 0.2) is 128 Å². The topological polar surface area (TPSA) is 140 Å². The Morgan fingerprint density at radius 1 is 0.794 bits per heavy atom. The van der Waals surface area contributed by atoms with Gasteiger partial charge >= 0.3 is 0 Å². The zero-order chi connectivity index (χ0) is 43.6. The van der Waals surface area contributed by atoms with Gasteiger partial charge in [0, 0.05) is 35.3 Å². The largest absolute Gasteiger partial charge is 0.482 e. The number of aliphatic hydroxyl groups excluding tert-OH is 1. The van der Waals surface area contributed by atoms with Crippen molar-refractivity contribution in [1.29, 1.82) is 0 Å². The Morgan fingerprint density at radius 2 is 1.40 bits per heavy atom. The number of hydrogen-bond acceptors (Lipinski definition) is 9. The number of anilines is 5. The van der Waals surface area contributed by atoms with Gasteiger partial charge in [-0.2, -0.15) is 0 Å². The van der Waals surface area contributed by atoms with Crippen LogP contribution < -0.4 is 24.2 Å². The maximum absolute atomic E-state index is 16.7. The SMILES string of the molecule is C[C@@H]1[C@@H](C(C)(C)F)[C@H](CCn2cc([C@H](O)c3ccccc3)nn2)O[C@@]12C(=O)N(Cc1ccc(N3C(=O)COc4ccccc43)cc1)c1ccc(N3C(=O)COc4ccccc43)cc12. The van der Waals surface area contributed by atoms with E-state index in [1.165, 1.54) is 13.8 Å².